The van der Waals surface area contributed by atoms with Gasteiger partial charge in [-0.15, -0.1) is 16.4 Å². The molecule has 2 N–H and O–H groups in total. The van der Waals surface area contributed by atoms with Crippen LogP contribution in [0.25, 0.3) is 21.8 Å². The Bertz CT molecular complexity index is 1080. The monoisotopic (exact) mass is 386 g/mol. The lowest BCUT2D eigenvalue weighted by molar-refractivity contribution is -0.119. The van der Waals surface area contributed by atoms with Crippen LogP contribution in [0.1, 0.15) is 17.8 Å². The van der Waals surface area contributed by atoms with Crippen molar-refractivity contribution in [2.45, 2.75) is 18.0 Å². The van der Waals surface area contributed by atoms with Crippen LogP contribution in [0, 0.1) is 5.82 Å². The minimum atomic E-state index is -0.300. The molecule has 26 heavy (non-hydrogen) atoms. The van der Waals surface area contributed by atoms with Gasteiger partial charge in [0.2, 0.25) is 5.91 Å². The number of nitrogens with zero attached hydrogens (tertiary/aromatic N) is 2. The SMILES string of the molecule is C[C@H](NC(=O)CSc1nncc2c1[nH]c1ccc(F)cc12)c1cccs1. The highest BCUT2D eigenvalue weighted by Crippen LogP contribution is 2.30. The minimum Gasteiger partial charge on any atom is -0.352 e. The summed E-state index contributed by atoms with van der Waals surface area (Å²) in [5.74, 6) is -0.143. The smallest absolute Gasteiger partial charge is 0.230 e. The maximum atomic E-state index is 13.5. The van der Waals surface area contributed by atoms with Crippen LogP contribution in [0.2, 0.25) is 0 Å². The summed E-state index contributed by atoms with van der Waals surface area (Å²) in [7, 11) is 0. The number of amides is 1. The lowest BCUT2D eigenvalue weighted by atomic mass is 10.2. The number of thioether (sulfide) groups is 1. The molecule has 0 unspecified atom stereocenters. The fourth-order valence-corrected chi connectivity index (χ4v) is 4.30. The molecule has 4 rings (SSSR count). The molecular weight excluding hydrogens is 371 g/mol. The summed E-state index contributed by atoms with van der Waals surface area (Å²) in [5.41, 5.74) is 1.58. The van der Waals surface area contributed by atoms with E-state index >= 15 is 0 Å². The number of hydrogen-bond acceptors (Lipinski definition) is 5. The molecule has 132 valence electrons. The molecule has 0 aliphatic carbocycles. The Kier molecular flexibility index (Phi) is 4.60. The molecule has 5 nitrogen and oxygen atoms in total. The summed E-state index contributed by atoms with van der Waals surface area (Å²) in [4.78, 5) is 16.6. The molecule has 0 spiro atoms. The molecule has 1 aromatic carbocycles. The van der Waals surface area contributed by atoms with E-state index in [-0.39, 0.29) is 23.5 Å². The van der Waals surface area contributed by atoms with Gasteiger partial charge in [-0.25, -0.2) is 4.39 Å². The summed E-state index contributed by atoms with van der Waals surface area (Å²) in [6.07, 6.45) is 1.61. The molecule has 0 aliphatic rings. The lowest BCUT2D eigenvalue weighted by Crippen LogP contribution is -2.27. The molecule has 0 saturated carbocycles. The molecular formula is C18H15FN4OS2. The summed E-state index contributed by atoms with van der Waals surface area (Å²) in [6.45, 7) is 1.96. The topological polar surface area (TPSA) is 70.7 Å². The van der Waals surface area contributed by atoms with Gasteiger partial charge in [0.1, 0.15) is 10.8 Å². The first-order valence-electron chi connectivity index (χ1n) is 8.00. The van der Waals surface area contributed by atoms with Crippen molar-refractivity contribution >= 4 is 50.8 Å². The molecule has 1 atom stereocenters. The van der Waals surface area contributed by atoms with Crippen molar-refractivity contribution in [1.29, 1.82) is 0 Å². The third-order valence-electron chi connectivity index (χ3n) is 4.04. The van der Waals surface area contributed by atoms with Gasteiger partial charge in [-0.05, 0) is 36.6 Å². The summed E-state index contributed by atoms with van der Waals surface area (Å²) in [6, 6.07) is 8.50. The molecule has 3 aromatic heterocycles. The average Bonchev–Trinajstić information content (AvgIpc) is 3.28. The molecule has 1 amide bonds. The number of H-pyrrole nitrogens is 1. The Hall–Kier alpha value is -2.45. The number of aromatic nitrogens is 3. The van der Waals surface area contributed by atoms with Gasteiger partial charge >= 0.3 is 0 Å². The number of rotatable bonds is 5. The van der Waals surface area contributed by atoms with E-state index in [9.17, 15) is 9.18 Å². The normalized spacial score (nSPS) is 12.5. The Labute approximate surface area is 157 Å². The van der Waals surface area contributed by atoms with E-state index in [1.807, 2.05) is 24.4 Å². The second-order valence-electron chi connectivity index (χ2n) is 5.85. The molecule has 4 aromatic rings. The van der Waals surface area contributed by atoms with Crippen LogP contribution in [0.3, 0.4) is 0 Å². The first-order chi connectivity index (χ1) is 12.6. The van der Waals surface area contributed by atoms with E-state index in [1.54, 1.807) is 23.6 Å². The highest BCUT2D eigenvalue weighted by molar-refractivity contribution is 8.00. The lowest BCUT2D eigenvalue weighted by Gasteiger charge is -2.11. The molecule has 8 heteroatoms. The zero-order chi connectivity index (χ0) is 18.1. The number of fused-ring (bicyclic) bond motifs is 3. The first kappa shape index (κ1) is 17.0. The van der Waals surface area contributed by atoms with Crippen LogP contribution >= 0.6 is 23.1 Å². The van der Waals surface area contributed by atoms with Crippen molar-refractivity contribution in [3.05, 3.63) is 52.6 Å². The Morgan fingerprint density at radius 1 is 1.38 bits per heavy atom. The van der Waals surface area contributed by atoms with Gasteiger partial charge in [0.05, 0.1) is 23.5 Å². The number of aromatic amines is 1. The molecule has 0 radical (unpaired) electrons. The number of benzene rings is 1. The van der Waals surface area contributed by atoms with Crippen LogP contribution in [0.4, 0.5) is 4.39 Å². The van der Waals surface area contributed by atoms with Crippen molar-refractivity contribution in [2.24, 2.45) is 0 Å². The van der Waals surface area contributed by atoms with E-state index in [0.29, 0.717) is 5.03 Å². The van der Waals surface area contributed by atoms with Gasteiger partial charge in [0.25, 0.3) is 0 Å². The molecule has 0 fully saturated rings. The molecule has 0 aliphatic heterocycles. The zero-order valence-electron chi connectivity index (χ0n) is 13.8. The van der Waals surface area contributed by atoms with Crippen LogP contribution in [-0.4, -0.2) is 26.8 Å². The maximum absolute atomic E-state index is 13.5. The standard InChI is InChI=1S/C18H15FN4OS2/c1-10(15-3-2-6-25-15)21-16(24)9-26-18-17-13(8-20-23-18)12-7-11(19)4-5-14(12)22-17/h2-8,10,22H,9H2,1H3,(H,21,24)/t10-/m0/s1. The van der Waals surface area contributed by atoms with E-state index in [4.69, 9.17) is 0 Å². The fourth-order valence-electron chi connectivity index (χ4n) is 2.80. The van der Waals surface area contributed by atoms with Crippen LogP contribution in [0.15, 0.2) is 46.9 Å². The largest absolute Gasteiger partial charge is 0.352 e. The fraction of sp³-hybridized carbons (Fsp3) is 0.167. The van der Waals surface area contributed by atoms with Crippen LogP contribution in [0.5, 0.6) is 0 Å². The molecule has 0 bridgehead atoms. The van der Waals surface area contributed by atoms with Crippen molar-refractivity contribution in [2.75, 3.05) is 5.75 Å². The number of thiophene rings is 1. The Morgan fingerprint density at radius 2 is 2.27 bits per heavy atom. The third-order valence-corrected chi connectivity index (χ3v) is 6.06. The minimum absolute atomic E-state index is 0.0268. The highest BCUT2D eigenvalue weighted by atomic mass is 32.2. The van der Waals surface area contributed by atoms with E-state index in [0.717, 1.165) is 26.7 Å². The van der Waals surface area contributed by atoms with Crippen LogP contribution in [-0.2, 0) is 4.79 Å². The number of hydrogen-bond donors (Lipinski definition) is 2. The van der Waals surface area contributed by atoms with Gasteiger partial charge in [-0.1, -0.05) is 17.8 Å². The summed E-state index contributed by atoms with van der Waals surface area (Å²) < 4.78 is 13.5. The van der Waals surface area contributed by atoms with Crippen molar-refractivity contribution in [3.8, 4) is 0 Å². The van der Waals surface area contributed by atoms with Gasteiger partial charge < -0.3 is 10.3 Å². The predicted molar refractivity (Wildman–Crippen MR) is 103 cm³/mol. The van der Waals surface area contributed by atoms with Gasteiger partial charge in [-0.3, -0.25) is 4.79 Å². The maximum Gasteiger partial charge on any atom is 0.230 e. The van der Waals surface area contributed by atoms with Crippen molar-refractivity contribution < 1.29 is 9.18 Å². The number of nitrogens with one attached hydrogen (secondary N) is 2. The number of halogens is 1. The number of carbonyl (C=O) groups is 1. The van der Waals surface area contributed by atoms with Gasteiger partial charge in [-0.2, -0.15) is 5.10 Å². The van der Waals surface area contributed by atoms with Crippen LogP contribution < -0.4 is 5.32 Å². The summed E-state index contributed by atoms with van der Waals surface area (Å²) >= 11 is 2.92. The van der Waals surface area contributed by atoms with E-state index < -0.39 is 0 Å². The van der Waals surface area contributed by atoms with Gasteiger partial charge in [0, 0.05) is 21.2 Å². The zero-order valence-corrected chi connectivity index (χ0v) is 15.5. The average molecular weight is 386 g/mol. The van der Waals surface area contributed by atoms with Crippen molar-refractivity contribution in [3.63, 3.8) is 0 Å². The van der Waals surface area contributed by atoms with Crippen molar-refractivity contribution in [1.82, 2.24) is 20.5 Å². The highest BCUT2D eigenvalue weighted by Gasteiger charge is 2.14. The second-order valence-corrected chi connectivity index (χ2v) is 7.79. The first-order valence-corrected chi connectivity index (χ1v) is 9.86. The van der Waals surface area contributed by atoms with E-state index in [2.05, 4.69) is 20.5 Å². The number of carbonyl (C=O) groups excluding carboxylic acids is 1. The predicted octanol–water partition coefficient (Wildman–Crippen LogP) is 4.28. The van der Waals surface area contributed by atoms with E-state index in [1.165, 1.54) is 23.9 Å². The molecule has 0 saturated heterocycles. The van der Waals surface area contributed by atoms with Gasteiger partial charge in [0.15, 0.2) is 0 Å². The Balaban J connectivity index is 1.52. The molecule has 3 heterocycles. The summed E-state index contributed by atoms with van der Waals surface area (Å²) in [5, 5.41) is 15.3. The quantitative estimate of drug-likeness (QED) is 0.502. The second kappa shape index (κ2) is 7.05. The third kappa shape index (κ3) is 3.30. The Morgan fingerprint density at radius 3 is 3.08 bits per heavy atom.